The summed E-state index contributed by atoms with van der Waals surface area (Å²) in [7, 11) is 0. The quantitative estimate of drug-likeness (QED) is 0.325. The Morgan fingerprint density at radius 2 is 1.88 bits per heavy atom. The Kier molecular flexibility index (Phi) is 6.85. The summed E-state index contributed by atoms with van der Waals surface area (Å²) >= 11 is 7.70. The first-order valence-corrected chi connectivity index (χ1v) is 12.8. The lowest BCUT2D eigenvalue weighted by atomic mass is 10.1. The van der Waals surface area contributed by atoms with Crippen LogP contribution in [-0.2, 0) is 0 Å². The minimum absolute atomic E-state index is 0.206. The molecular weight excluding hydrogens is 454 g/mol. The van der Waals surface area contributed by atoms with Gasteiger partial charge in [-0.15, -0.1) is 11.3 Å². The third-order valence-electron chi connectivity index (χ3n) is 6.35. The van der Waals surface area contributed by atoms with E-state index in [1.165, 1.54) is 22.2 Å². The molecule has 172 valence electrons. The van der Waals surface area contributed by atoms with Crippen molar-refractivity contribution in [1.82, 2.24) is 9.88 Å². The number of halogens is 1. The molecule has 2 aromatic carbocycles. The summed E-state index contributed by atoms with van der Waals surface area (Å²) < 4.78 is 7.27. The third kappa shape index (κ3) is 5.18. The molecule has 0 radical (unpaired) electrons. The van der Waals surface area contributed by atoms with Crippen molar-refractivity contribution >= 4 is 49.6 Å². The maximum atomic E-state index is 11.7. The molecule has 5 rings (SSSR count). The molecule has 1 fully saturated rings. The van der Waals surface area contributed by atoms with Crippen molar-refractivity contribution in [3.05, 3.63) is 69.3 Å². The average molecular weight is 482 g/mol. The van der Waals surface area contributed by atoms with E-state index in [4.69, 9.17) is 16.3 Å². The Bertz CT molecular complexity index is 1290. The Hall–Kier alpha value is -2.54. The van der Waals surface area contributed by atoms with Crippen molar-refractivity contribution in [2.24, 2.45) is 0 Å². The number of aromatic nitrogens is 1. The molecule has 1 saturated heterocycles. The van der Waals surface area contributed by atoms with E-state index < -0.39 is 0 Å². The monoisotopic (exact) mass is 481 g/mol. The molecule has 3 heterocycles. The summed E-state index contributed by atoms with van der Waals surface area (Å²) in [6, 6.07) is 16.3. The van der Waals surface area contributed by atoms with Gasteiger partial charge in [0, 0.05) is 48.0 Å². The first-order valence-electron chi connectivity index (χ1n) is 11.6. The number of benzene rings is 2. The molecule has 33 heavy (non-hydrogen) atoms. The molecule has 1 N–H and O–H groups in total. The van der Waals surface area contributed by atoms with Crippen LogP contribution in [0, 0.1) is 0 Å². The number of hydrogen-bond donors (Lipinski definition) is 1. The van der Waals surface area contributed by atoms with Crippen LogP contribution in [0.4, 0.5) is 5.69 Å². The van der Waals surface area contributed by atoms with Gasteiger partial charge < -0.3 is 14.6 Å². The SMILES string of the molecule is O=c1[nH]c2cc(OCCCCCN3CCN(c4cccc5sccc45)CC3)ccc2cc1Cl. The van der Waals surface area contributed by atoms with E-state index in [9.17, 15) is 4.79 Å². The van der Waals surface area contributed by atoms with Crippen LogP contribution in [0.2, 0.25) is 5.02 Å². The zero-order valence-electron chi connectivity index (χ0n) is 18.6. The first-order chi connectivity index (χ1) is 16.2. The van der Waals surface area contributed by atoms with Crippen molar-refractivity contribution in [1.29, 1.82) is 0 Å². The summed E-state index contributed by atoms with van der Waals surface area (Å²) in [6.45, 7) is 6.25. The molecule has 5 nitrogen and oxygen atoms in total. The number of unbranched alkanes of at least 4 members (excludes halogenated alkanes) is 2. The Labute approximate surface area is 202 Å². The fourth-order valence-corrected chi connectivity index (χ4v) is 5.49. The number of nitrogens with one attached hydrogen (secondary N) is 1. The standard InChI is InChI=1S/C26H28ClN3O2S/c27-22-17-19-7-8-20(18-23(19)28-26(22)31)32-15-3-1-2-10-29-11-13-30(14-12-29)24-5-4-6-25-21(24)9-16-33-25/h4-9,16-18H,1-3,10-15H2,(H,28,31). The van der Waals surface area contributed by atoms with E-state index >= 15 is 0 Å². The van der Waals surface area contributed by atoms with Crippen molar-refractivity contribution in [2.75, 3.05) is 44.2 Å². The van der Waals surface area contributed by atoms with Gasteiger partial charge in [0.25, 0.3) is 5.56 Å². The number of aromatic amines is 1. The molecule has 7 heteroatoms. The van der Waals surface area contributed by atoms with Gasteiger partial charge in [-0.25, -0.2) is 0 Å². The van der Waals surface area contributed by atoms with Gasteiger partial charge in [-0.3, -0.25) is 9.69 Å². The predicted octanol–water partition coefficient (Wildman–Crippen LogP) is 5.77. The highest BCUT2D eigenvalue weighted by Gasteiger charge is 2.18. The van der Waals surface area contributed by atoms with E-state index in [0.29, 0.717) is 6.61 Å². The van der Waals surface area contributed by atoms with Gasteiger partial charge in [0.15, 0.2) is 0 Å². The summed E-state index contributed by atoms with van der Waals surface area (Å²) in [5, 5.41) is 4.68. The molecule has 0 aliphatic carbocycles. The summed E-state index contributed by atoms with van der Waals surface area (Å²) in [6.07, 6.45) is 3.36. The predicted molar refractivity (Wildman–Crippen MR) is 139 cm³/mol. The van der Waals surface area contributed by atoms with E-state index in [2.05, 4.69) is 44.4 Å². The van der Waals surface area contributed by atoms with Crippen molar-refractivity contribution < 1.29 is 4.74 Å². The molecule has 2 aromatic heterocycles. The number of pyridine rings is 1. The number of anilines is 1. The van der Waals surface area contributed by atoms with Gasteiger partial charge >= 0.3 is 0 Å². The van der Waals surface area contributed by atoms with Crippen LogP contribution in [0.15, 0.2) is 58.7 Å². The van der Waals surface area contributed by atoms with Gasteiger partial charge in [0.2, 0.25) is 0 Å². The summed E-state index contributed by atoms with van der Waals surface area (Å²) in [5.41, 5.74) is 1.85. The molecular formula is C26H28ClN3O2S. The number of ether oxygens (including phenoxy) is 1. The smallest absolute Gasteiger partial charge is 0.267 e. The maximum absolute atomic E-state index is 11.7. The van der Waals surface area contributed by atoms with E-state index in [-0.39, 0.29) is 10.6 Å². The van der Waals surface area contributed by atoms with E-state index in [1.807, 2.05) is 29.5 Å². The lowest BCUT2D eigenvalue weighted by Crippen LogP contribution is -2.46. The van der Waals surface area contributed by atoms with Crippen LogP contribution in [-0.4, -0.2) is 49.2 Å². The first kappa shape index (κ1) is 22.3. The zero-order chi connectivity index (χ0) is 22.6. The second-order valence-corrected chi connectivity index (χ2v) is 9.90. The highest BCUT2D eigenvalue weighted by Crippen LogP contribution is 2.31. The number of rotatable bonds is 8. The second-order valence-electron chi connectivity index (χ2n) is 8.54. The van der Waals surface area contributed by atoms with Gasteiger partial charge in [0.1, 0.15) is 10.8 Å². The number of thiophene rings is 1. The largest absolute Gasteiger partial charge is 0.494 e. The highest BCUT2D eigenvalue weighted by atomic mass is 35.5. The average Bonchev–Trinajstić information content (AvgIpc) is 3.32. The minimum atomic E-state index is -0.273. The fourth-order valence-electron chi connectivity index (χ4n) is 4.51. The molecule has 0 bridgehead atoms. The molecule has 0 unspecified atom stereocenters. The van der Waals surface area contributed by atoms with E-state index in [1.54, 1.807) is 6.07 Å². The van der Waals surface area contributed by atoms with Gasteiger partial charge in [0.05, 0.1) is 12.1 Å². The van der Waals surface area contributed by atoms with E-state index in [0.717, 1.165) is 62.2 Å². The molecule has 0 atom stereocenters. The molecule has 4 aromatic rings. The van der Waals surface area contributed by atoms with Crippen LogP contribution < -0.4 is 15.2 Å². The Morgan fingerprint density at radius 3 is 2.76 bits per heavy atom. The molecule has 0 amide bonds. The number of hydrogen-bond acceptors (Lipinski definition) is 5. The second kappa shape index (κ2) is 10.2. The third-order valence-corrected chi connectivity index (χ3v) is 7.51. The summed E-state index contributed by atoms with van der Waals surface area (Å²) in [5.74, 6) is 0.775. The van der Waals surface area contributed by atoms with Crippen LogP contribution in [0.1, 0.15) is 19.3 Å². The number of H-pyrrole nitrogens is 1. The Balaban J connectivity index is 1.02. The molecule has 0 spiro atoms. The fraction of sp³-hybridized carbons (Fsp3) is 0.346. The van der Waals surface area contributed by atoms with Gasteiger partial charge in [-0.2, -0.15) is 0 Å². The molecule has 1 aliphatic rings. The number of piperazine rings is 1. The Morgan fingerprint density at radius 1 is 1.00 bits per heavy atom. The van der Waals surface area contributed by atoms with Gasteiger partial charge in [-0.1, -0.05) is 17.7 Å². The highest BCUT2D eigenvalue weighted by molar-refractivity contribution is 7.17. The maximum Gasteiger partial charge on any atom is 0.267 e. The van der Waals surface area contributed by atoms with Crippen LogP contribution in [0.5, 0.6) is 5.75 Å². The zero-order valence-corrected chi connectivity index (χ0v) is 20.1. The normalized spacial score (nSPS) is 14.9. The topological polar surface area (TPSA) is 48.6 Å². The van der Waals surface area contributed by atoms with Crippen molar-refractivity contribution in [3.8, 4) is 5.75 Å². The number of nitrogens with zero attached hydrogens (tertiary/aromatic N) is 2. The van der Waals surface area contributed by atoms with Gasteiger partial charge in [-0.05, 0) is 73.0 Å². The lowest BCUT2D eigenvalue weighted by molar-refractivity contribution is 0.246. The molecule has 0 saturated carbocycles. The van der Waals surface area contributed by atoms with Crippen LogP contribution in [0.25, 0.3) is 21.0 Å². The number of fused-ring (bicyclic) bond motifs is 2. The summed E-state index contributed by atoms with van der Waals surface area (Å²) in [4.78, 5) is 19.6. The lowest BCUT2D eigenvalue weighted by Gasteiger charge is -2.36. The van der Waals surface area contributed by atoms with Crippen molar-refractivity contribution in [2.45, 2.75) is 19.3 Å². The van der Waals surface area contributed by atoms with Crippen molar-refractivity contribution in [3.63, 3.8) is 0 Å². The minimum Gasteiger partial charge on any atom is -0.494 e. The molecule has 1 aliphatic heterocycles. The van der Waals surface area contributed by atoms with Crippen LogP contribution in [0.3, 0.4) is 0 Å². The van der Waals surface area contributed by atoms with Crippen LogP contribution >= 0.6 is 22.9 Å².